The van der Waals surface area contributed by atoms with Crippen LogP contribution in [0, 0.1) is 5.82 Å². The second-order valence-corrected chi connectivity index (χ2v) is 10.7. The average molecular weight is 586 g/mol. The molecule has 0 spiro atoms. The standard InChI is InChI=1S/C26H22Cl2FN7O2S/c27-17-3-2-16(14-18(17)28)35-7-8-36(26(35)37)21-13-15(1-4-19(21)29)23-22(20-5-6-31-24(30)32-20)33-25(39-23)34-9-11-38-12-10-34/h1-6,13-14H,7-12H2,(H2,30,31,32). The molecular formula is C26H22Cl2FN7O2S. The van der Waals surface area contributed by atoms with Crippen LogP contribution in [0.3, 0.4) is 0 Å². The molecule has 0 atom stereocenters. The van der Waals surface area contributed by atoms with Gasteiger partial charge in [0.1, 0.15) is 11.5 Å². The van der Waals surface area contributed by atoms with Gasteiger partial charge in [-0.25, -0.2) is 24.1 Å². The fraction of sp³-hybridized carbons (Fsp3) is 0.231. The maximum atomic E-state index is 15.2. The molecule has 6 rings (SSSR count). The number of nitrogens with two attached hydrogens (primary N) is 1. The number of ether oxygens (including phenoxy) is 1. The molecule has 2 aliphatic rings. The molecule has 0 radical (unpaired) electrons. The van der Waals surface area contributed by atoms with E-state index in [1.54, 1.807) is 47.5 Å². The Morgan fingerprint density at radius 3 is 2.51 bits per heavy atom. The van der Waals surface area contributed by atoms with Crippen molar-refractivity contribution in [3.8, 4) is 21.8 Å². The Morgan fingerprint density at radius 1 is 0.949 bits per heavy atom. The van der Waals surface area contributed by atoms with Gasteiger partial charge in [-0.3, -0.25) is 9.80 Å². The van der Waals surface area contributed by atoms with Gasteiger partial charge in [0.2, 0.25) is 5.95 Å². The number of rotatable bonds is 5. The highest BCUT2D eigenvalue weighted by Crippen LogP contribution is 2.42. The van der Waals surface area contributed by atoms with E-state index < -0.39 is 5.82 Å². The summed E-state index contributed by atoms with van der Waals surface area (Å²) in [5, 5.41) is 1.53. The number of aromatic nitrogens is 3. The monoisotopic (exact) mass is 585 g/mol. The molecule has 4 heterocycles. The van der Waals surface area contributed by atoms with E-state index in [4.69, 9.17) is 38.7 Å². The van der Waals surface area contributed by atoms with Crippen LogP contribution in [0.1, 0.15) is 0 Å². The molecule has 2 saturated heterocycles. The summed E-state index contributed by atoms with van der Waals surface area (Å²) >= 11 is 13.7. The first kappa shape index (κ1) is 25.8. The lowest BCUT2D eigenvalue weighted by Gasteiger charge is -2.26. The fourth-order valence-corrected chi connectivity index (χ4v) is 6.00. The number of hydrogen-bond donors (Lipinski definition) is 1. The minimum absolute atomic E-state index is 0.129. The van der Waals surface area contributed by atoms with Gasteiger partial charge in [-0.15, -0.1) is 0 Å². The van der Waals surface area contributed by atoms with E-state index in [2.05, 4.69) is 14.9 Å². The van der Waals surface area contributed by atoms with Crippen molar-refractivity contribution >= 4 is 63.0 Å². The molecule has 9 nitrogen and oxygen atoms in total. The molecule has 2 amide bonds. The van der Waals surface area contributed by atoms with Crippen LogP contribution in [0.2, 0.25) is 10.0 Å². The van der Waals surface area contributed by atoms with Gasteiger partial charge in [0.25, 0.3) is 0 Å². The topological polar surface area (TPSA) is 101 Å². The number of carbonyl (C=O) groups is 1. The lowest BCUT2D eigenvalue weighted by atomic mass is 10.1. The van der Waals surface area contributed by atoms with Gasteiger partial charge >= 0.3 is 6.03 Å². The predicted octanol–water partition coefficient (Wildman–Crippen LogP) is 5.58. The normalized spacial score (nSPS) is 15.9. The van der Waals surface area contributed by atoms with E-state index in [1.165, 1.54) is 22.3 Å². The number of benzene rings is 2. The molecule has 0 saturated carbocycles. The Morgan fingerprint density at radius 2 is 1.74 bits per heavy atom. The number of amides is 2. The Labute approximate surface area is 237 Å². The quantitative estimate of drug-likeness (QED) is 0.326. The number of anilines is 4. The third-order valence-corrected chi connectivity index (χ3v) is 8.44. The number of urea groups is 1. The van der Waals surface area contributed by atoms with Crippen LogP contribution in [0.25, 0.3) is 21.8 Å². The number of thiazole rings is 1. The molecule has 2 N–H and O–H groups in total. The smallest absolute Gasteiger partial charge is 0.329 e. The molecule has 4 aromatic rings. The van der Waals surface area contributed by atoms with Crippen molar-refractivity contribution in [2.24, 2.45) is 0 Å². The van der Waals surface area contributed by atoms with Gasteiger partial charge in [0.05, 0.1) is 39.5 Å². The molecule has 0 unspecified atom stereocenters. The van der Waals surface area contributed by atoms with Crippen molar-refractivity contribution in [3.63, 3.8) is 0 Å². The molecule has 0 aliphatic carbocycles. The van der Waals surface area contributed by atoms with Gasteiger partial charge in [-0.2, -0.15) is 0 Å². The highest BCUT2D eigenvalue weighted by molar-refractivity contribution is 7.19. The minimum Gasteiger partial charge on any atom is -0.378 e. The van der Waals surface area contributed by atoms with E-state index in [-0.39, 0.29) is 17.7 Å². The number of morpholine rings is 1. The Balaban J connectivity index is 1.38. The maximum absolute atomic E-state index is 15.2. The number of nitrogen functional groups attached to an aromatic ring is 1. The van der Waals surface area contributed by atoms with Crippen LogP contribution in [-0.4, -0.2) is 60.4 Å². The first-order valence-electron chi connectivity index (χ1n) is 12.2. The van der Waals surface area contributed by atoms with Crippen molar-refractivity contribution in [1.82, 2.24) is 15.0 Å². The third-order valence-electron chi connectivity index (χ3n) is 6.54. The van der Waals surface area contributed by atoms with Crippen LogP contribution in [0.15, 0.2) is 48.7 Å². The zero-order chi connectivity index (χ0) is 27.1. The van der Waals surface area contributed by atoms with Crippen molar-refractivity contribution in [1.29, 1.82) is 0 Å². The predicted molar refractivity (Wildman–Crippen MR) is 153 cm³/mol. The van der Waals surface area contributed by atoms with Gasteiger partial charge in [-0.05, 0) is 42.0 Å². The van der Waals surface area contributed by atoms with Crippen molar-refractivity contribution in [3.05, 3.63) is 64.5 Å². The molecular weight excluding hydrogens is 564 g/mol. The first-order chi connectivity index (χ1) is 18.9. The Kier molecular flexibility index (Phi) is 6.98. The van der Waals surface area contributed by atoms with Crippen LogP contribution < -0.4 is 20.4 Å². The SMILES string of the molecule is Nc1nccc(-c2nc(N3CCOCC3)sc2-c2ccc(F)c(N3CCN(c4ccc(Cl)c(Cl)c4)C3=O)c2)n1. The molecule has 200 valence electrons. The molecule has 0 bridgehead atoms. The molecule has 2 aromatic heterocycles. The van der Waals surface area contributed by atoms with Gasteiger partial charge in [-0.1, -0.05) is 40.6 Å². The van der Waals surface area contributed by atoms with E-state index in [0.29, 0.717) is 72.1 Å². The van der Waals surface area contributed by atoms with Crippen LogP contribution >= 0.6 is 34.5 Å². The molecule has 2 aromatic carbocycles. The highest BCUT2D eigenvalue weighted by Gasteiger charge is 2.33. The lowest BCUT2D eigenvalue weighted by molar-refractivity contribution is 0.122. The average Bonchev–Trinajstić information content (AvgIpc) is 3.56. The van der Waals surface area contributed by atoms with Gasteiger partial charge < -0.3 is 15.4 Å². The summed E-state index contributed by atoms with van der Waals surface area (Å²) in [6.07, 6.45) is 1.58. The van der Waals surface area contributed by atoms with Crippen LogP contribution in [0.4, 0.5) is 31.6 Å². The number of nitrogens with zero attached hydrogens (tertiary/aromatic N) is 6. The summed E-state index contributed by atoms with van der Waals surface area (Å²) in [4.78, 5) is 32.6. The van der Waals surface area contributed by atoms with Gasteiger partial charge in [0.15, 0.2) is 5.13 Å². The summed E-state index contributed by atoms with van der Waals surface area (Å²) in [6, 6.07) is 11.1. The van der Waals surface area contributed by atoms with Crippen LogP contribution in [0.5, 0.6) is 0 Å². The Bertz CT molecular complexity index is 1560. The maximum Gasteiger partial charge on any atom is 0.329 e. The van der Waals surface area contributed by atoms with Gasteiger partial charge in [0, 0.05) is 38.1 Å². The van der Waals surface area contributed by atoms with Crippen molar-refractivity contribution in [2.45, 2.75) is 0 Å². The molecule has 2 aliphatic heterocycles. The molecule has 13 heteroatoms. The largest absolute Gasteiger partial charge is 0.378 e. The summed E-state index contributed by atoms with van der Waals surface area (Å²) in [7, 11) is 0. The summed E-state index contributed by atoms with van der Waals surface area (Å²) in [5.41, 5.74) is 8.51. The zero-order valence-electron chi connectivity index (χ0n) is 20.5. The minimum atomic E-state index is -0.506. The van der Waals surface area contributed by atoms with Crippen LogP contribution in [-0.2, 0) is 4.74 Å². The van der Waals surface area contributed by atoms with E-state index in [0.717, 1.165) is 10.0 Å². The third kappa shape index (κ3) is 4.98. The fourth-order valence-electron chi connectivity index (χ4n) is 4.59. The number of carbonyl (C=O) groups excluding carboxylic acids is 1. The lowest BCUT2D eigenvalue weighted by Crippen LogP contribution is -2.36. The second kappa shape index (κ2) is 10.6. The zero-order valence-corrected chi connectivity index (χ0v) is 22.8. The second-order valence-electron chi connectivity index (χ2n) is 8.92. The number of halogens is 3. The number of hydrogen-bond acceptors (Lipinski definition) is 8. The molecule has 39 heavy (non-hydrogen) atoms. The van der Waals surface area contributed by atoms with E-state index in [9.17, 15) is 4.79 Å². The Hall–Kier alpha value is -3.51. The molecule has 2 fully saturated rings. The summed E-state index contributed by atoms with van der Waals surface area (Å²) in [5.74, 6) is -0.377. The van der Waals surface area contributed by atoms with Crippen molar-refractivity contribution in [2.75, 3.05) is 59.8 Å². The van der Waals surface area contributed by atoms with E-state index in [1.807, 2.05) is 0 Å². The summed E-state index contributed by atoms with van der Waals surface area (Å²) in [6.45, 7) is 3.30. The highest BCUT2D eigenvalue weighted by atomic mass is 35.5. The van der Waals surface area contributed by atoms with E-state index >= 15 is 4.39 Å². The summed E-state index contributed by atoms with van der Waals surface area (Å²) < 4.78 is 20.7. The first-order valence-corrected chi connectivity index (χ1v) is 13.7. The van der Waals surface area contributed by atoms with Crippen molar-refractivity contribution < 1.29 is 13.9 Å².